The monoisotopic (exact) mass is 380 g/mol. The highest BCUT2D eigenvalue weighted by Gasteiger charge is 2.35. The van der Waals surface area contributed by atoms with Gasteiger partial charge in [-0.15, -0.1) is 0 Å². The van der Waals surface area contributed by atoms with Crippen molar-refractivity contribution in [1.29, 1.82) is 5.26 Å². The lowest BCUT2D eigenvalue weighted by Gasteiger charge is -2.21. The maximum atomic E-state index is 12.5. The van der Waals surface area contributed by atoms with Gasteiger partial charge in [-0.3, -0.25) is 9.48 Å². The van der Waals surface area contributed by atoms with Crippen molar-refractivity contribution in [2.24, 2.45) is 0 Å². The number of aromatic nitrogens is 2. The minimum atomic E-state index is -0.824. The van der Waals surface area contributed by atoms with E-state index < -0.39 is 24.0 Å². The summed E-state index contributed by atoms with van der Waals surface area (Å²) in [7, 11) is 0. The summed E-state index contributed by atoms with van der Waals surface area (Å²) in [5, 5.41) is 16.5. The molecule has 2 aromatic rings. The van der Waals surface area contributed by atoms with Crippen LogP contribution in [0.5, 0.6) is 0 Å². The molecule has 0 aliphatic heterocycles. The van der Waals surface area contributed by atoms with Crippen molar-refractivity contribution in [2.75, 3.05) is 6.61 Å². The molecule has 1 fully saturated rings. The molecule has 1 heterocycles. The summed E-state index contributed by atoms with van der Waals surface area (Å²) in [5.74, 6) is -1.04. The Balaban J connectivity index is 1.63. The van der Waals surface area contributed by atoms with Gasteiger partial charge in [-0.2, -0.15) is 10.4 Å². The Bertz CT molecular complexity index is 906. The summed E-state index contributed by atoms with van der Waals surface area (Å²) < 4.78 is 6.96. The zero-order valence-electron chi connectivity index (χ0n) is 16.2. The lowest BCUT2D eigenvalue weighted by molar-refractivity contribution is -0.125. The number of hydrogen-bond donors (Lipinski definition) is 1. The van der Waals surface area contributed by atoms with Crippen LogP contribution in [0.2, 0.25) is 0 Å². The van der Waals surface area contributed by atoms with Gasteiger partial charge in [0.1, 0.15) is 11.1 Å². The van der Waals surface area contributed by atoms with E-state index in [0.717, 1.165) is 18.4 Å². The number of carbonyl (C=O) groups is 2. The molecule has 1 N–H and O–H groups in total. The number of nitriles is 1. The van der Waals surface area contributed by atoms with E-state index in [9.17, 15) is 14.9 Å². The number of ether oxygens (including phenoxy) is 1. The standard InChI is InChI=1S/C21H24N4O3/c1-15-19(16(2)25(24-15)12-17-8-4-3-5-9-17)20(27)28-13-18(26)23-21(14-22)10-6-7-11-21/h3-5,8-9H,6-7,10-13H2,1-2H3,(H,23,26). The van der Waals surface area contributed by atoms with Crippen molar-refractivity contribution in [3.63, 3.8) is 0 Å². The average molecular weight is 380 g/mol. The number of rotatable bonds is 6. The maximum Gasteiger partial charge on any atom is 0.342 e. The predicted octanol–water partition coefficient (Wildman–Crippen LogP) is 2.66. The molecule has 3 rings (SSSR count). The lowest BCUT2D eigenvalue weighted by Crippen LogP contribution is -2.46. The first-order chi connectivity index (χ1) is 13.4. The zero-order valence-corrected chi connectivity index (χ0v) is 16.2. The number of carbonyl (C=O) groups excluding carboxylic acids is 2. The summed E-state index contributed by atoms with van der Waals surface area (Å²) >= 11 is 0. The number of nitrogens with one attached hydrogen (secondary N) is 1. The van der Waals surface area contributed by atoms with Crippen LogP contribution in [0.15, 0.2) is 30.3 Å². The molecule has 0 radical (unpaired) electrons. The predicted molar refractivity (Wildman–Crippen MR) is 102 cm³/mol. The molecule has 7 heteroatoms. The second kappa shape index (κ2) is 8.26. The van der Waals surface area contributed by atoms with Gasteiger partial charge in [0, 0.05) is 0 Å². The Morgan fingerprint density at radius 2 is 1.93 bits per heavy atom. The highest BCUT2D eigenvalue weighted by molar-refractivity contribution is 5.93. The first kappa shape index (κ1) is 19.6. The van der Waals surface area contributed by atoms with Gasteiger partial charge in [-0.05, 0) is 45.1 Å². The molecule has 1 aliphatic carbocycles. The van der Waals surface area contributed by atoms with Gasteiger partial charge in [0.15, 0.2) is 6.61 Å². The number of benzene rings is 1. The molecular weight excluding hydrogens is 356 g/mol. The van der Waals surface area contributed by atoms with E-state index in [1.807, 2.05) is 37.3 Å². The number of esters is 1. The van der Waals surface area contributed by atoms with Crippen molar-refractivity contribution >= 4 is 11.9 Å². The fraction of sp³-hybridized carbons (Fsp3) is 0.429. The van der Waals surface area contributed by atoms with Crippen LogP contribution in [0.4, 0.5) is 0 Å². The first-order valence-electron chi connectivity index (χ1n) is 9.41. The van der Waals surface area contributed by atoms with Crippen LogP contribution >= 0.6 is 0 Å². The summed E-state index contributed by atoms with van der Waals surface area (Å²) in [4.78, 5) is 24.7. The average Bonchev–Trinajstić information content (AvgIpc) is 3.26. The largest absolute Gasteiger partial charge is 0.452 e. The van der Waals surface area contributed by atoms with E-state index in [1.165, 1.54) is 0 Å². The fourth-order valence-corrected chi connectivity index (χ4v) is 3.65. The van der Waals surface area contributed by atoms with Crippen LogP contribution in [0, 0.1) is 25.2 Å². The SMILES string of the molecule is Cc1nn(Cc2ccccc2)c(C)c1C(=O)OCC(=O)NC1(C#N)CCCC1. The normalized spacial score (nSPS) is 15.0. The maximum absolute atomic E-state index is 12.5. The molecule has 1 aromatic carbocycles. The smallest absolute Gasteiger partial charge is 0.342 e. The highest BCUT2D eigenvalue weighted by atomic mass is 16.5. The quantitative estimate of drug-likeness (QED) is 0.777. The Labute approximate surface area is 164 Å². The minimum absolute atomic E-state index is 0.375. The topological polar surface area (TPSA) is 97.0 Å². The molecule has 1 aliphatic rings. The summed E-state index contributed by atoms with van der Waals surface area (Å²) in [5.41, 5.74) is 1.88. The third kappa shape index (κ3) is 4.22. The van der Waals surface area contributed by atoms with E-state index in [0.29, 0.717) is 36.3 Å². The number of hydrogen-bond acceptors (Lipinski definition) is 5. The van der Waals surface area contributed by atoms with E-state index in [2.05, 4.69) is 16.5 Å². The van der Waals surface area contributed by atoms with Crippen molar-refractivity contribution in [3.05, 3.63) is 52.8 Å². The van der Waals surface area contributed by atoms with Crippen LogP contribution in [0.25, 0.3) is 0 Å². The lowest BCUT2D eigenvalue weighted by atomic mass is 10.00. The van der Waals surface area contributed by atoms with Crippen LogP contribution in [0.3, 0.4) is 0 Å². The Morgan fingerprint density at radius 3 is 2.57 bits per heavy atom. The molecule has 0 saturated heterocycles. The van der Waals surface area contributed by atoms with Crippen LogP contribution in [-0.4, -0.2) is 33.8 Å². The van der Waals surface area contributed by atoms with Crippen LogP contribution in [0.1, 0.15) is 53.0 Å². The van der Waals surface area contributed by atoms with E-state index in [-0.39, 0.29) is 0 Å². The van der Waals surface area contributed by atoms with Crippen molar-refractivity contribution < 1.29 is 14.3 Å². The van der Waals surface area contributed by atoms with Crippen LogP contribution in [-0.2, 0) is 16.1 Å². The molecular formula is C21H24N4O3. The highest BCUT2D eigenvalue weighted by Crippen LogP contribution is 2.28. The summed E-state index contributed by atoms with van der Waals surface area (Å²) in [6.07, 6.45) is 3.08. The molecule has 28 heavy (non-hydrogen) atoms. The molecule has 0 unspecified atom stereocenters. The Kier molecular flexibility index (Phi) is 5.78. The van der Waals surface area contributed by atoms with Crippen molar-refractivity contribution in [3.8, 4) is 6.07 Å². The Morgan fingerprint density at radius 1 is 1.25 bits per heavy atom. The molecule has 0 atom stereocenters. The van der Waals surface area contributed by atoms with Crippen molar-refractivity contribution in [2.45, 2.75) is 51.6 Å². The molecule has 0 spiro atoms. The number of aryl methyl sites for hydroxylation is 1. The number of amides is 1. The van der Waals surface area contributed by atoms with Crippen molar-refractivity contribution in [1.82, 2.24) is 15.1 Å². The van der Waals surface area contributed by atoms with Gasteiger partial charge in [0.25, 0.3) is 5.91 Å². The van der Waals surface area contributed by atoms with Gasteiger partial charge >= 0.3 is 5.97 Å². The van der Waals surface area contributed by atoms with Crippen LogP contribution < -0.4 is 5.32 Å². The second-order valence-corrected chi connectivity index (χ2v) is 7.21. The molecule has 0 bridgehead atoms. The second-order valence-electron chi connectivity index (χ2n) is 7.21. The van der Waals surface area contributed by atoms with Gasteiger partial charge in [-0.25, -0.2) is 4.79 Å². The summed E-state index contributed by atoms with van der Waals surface area (Å²) in [6.45, 7) is 3.69. The van der Waals surface area contributed by atoms with E-state index >= 15 is 0 Å². The molecule has 146 valence electrons. The molecule has 1 amide bonds. The molecule has 1 aromatic heterocycles. The molecule has 1 saturated carbocycles. The zero-order chi connectivity index (χ0) is 20.1. The third-order valence-corrected chi connectivity index (χ3v) is 5.14. The van der Waals surface area contributed by atoms with Gasteiger partial charge in [-0.1, -0.05) is 30.3 Å². The van der Waals surface area contributed by atoms with Gasteiger partial charge in [0.2, 0.25) is 0 Å². The van der Waals surface area contributed by atoms with Gasteiger partial charge < -0.3 is 10.1 Å². The van der Waals surface area contributed by atoms with Gasteiger partial charge in [0.05, 0.1) is 24.0 Å². The fourth-order valence-electron chi connectivity index (χ4n) is 3.65. The summed E-state index contributed by atoms with van der Waals surface area (Å²) in [6, 6.07) is 12.0. The van der Waals surface area contributed by atoms with E-state index in [1.54, 1.807) is 11.6 Å². The number of nitrogens with zero attached hydrogens (tertiary/aromatic N) is 3. The molecule has 7 nitrogen and oxygen atoms in total. The first-order valence-corrected chi connectivity index (χ1v) is 9.41. The Hall–Kier alpha value is -3.14. The van der Waals surface area contributed by atoms with E-state index in [4.69, 9.17) is 4.74 Å². The minimum Gasteiger partial charge on any atom is -0.452 e. The third-order valence-electron chi connectivity index (χ3n) is 5.14.